The maximum absolute atomic E-state index is 12.0. The minimum atomic E-state index is -3.53. The molecule has 3 rings (SSSR count). The van der Waals surface area contributed by atoms with E-state index in [1.807, 2.05) is 0 Å². The first-order valence-corrected chi connectivity index (χ1v) is 9.88. The van der Waals surface area contributed by atoms with Gasteiger partial charge in [0.1, 0.15) is 12.4 Å². The van der Waals surface area contributed by atoms with Crippen LogP contribution in [0.15, 0.2) is 58.4 Å². The van der Waals surface area contributed by atoms with Gasteiger partial charge in [-0.3, -0.25) is 14.5 Å². The van der Waals surface area contributed by atoms with E-state index in [1.54, 1.807) is 42.5 Å². The van der Waals surface area contributed by atoms with E-state index in [2.05, 4.69) is 9.71 Å². The van der Waals surface area contributed by atoms with Crippen molar-refractivity contribution < 1.29 is 17.9 Å². The Morgan fingerprint density at radius 3 is 2.62 bits per heavy atom. The van der Waals surface area contributed by atoms with E-state index in [-0.39, 0.29) is 23.9 Å². The summed E-state index contributed by atoms with van der Waals surface area (Å²) in [5, 5.41) is 0.628. The number of fused-ring (bicyclic) bond motifs is 1. The number of rotatable bonds is 6. The molecule has 0 spiro atoms. The highest BCUT2D eigenvalue weighted by Gasteiger charge is 2.29. The minimum Gasteiger partial charge on any atom is -0.461 e. The summed E-state index contributed by atoms with van der Waals surface area (Å²) in [4.78, 5) is 16.3. The molecule has 2 aromatic carbocycles. The molecule has 0 atom stereocenters. The van der Waals surface area contributed by atoms with Crippen LogP contribution in [0.4, 0.5) is 0 Å². The number of benzene rings is 2. The van der Waals surface area contributed by atoms with Crippen LogP contribution in [0.25, 0.3) is 0 Å². The molecule has 0 bridgehead atoms. The molecule has 1 aliphatic heterocycles. The van der Waals surface area contributed by atoms with Gasteiger partial charge in [-0.2, -0.15) is 0 Å². The average molecular weight is 393 g/mol. The van der Waals surface area contributed by atoms with Crippen molar-refractivity contribution in [2.75, 3.05) is 6.54 Å². The molecule has 8 heteroatoms. The fraction of sp³-hybridized carbons (Fsp3) is 0.222. The van der Waals surface area contributed by atoms with E-state index in [1.165, 1.54) is 6.07 Å². The monoisotopic (exact) mass is 392 g/mol. The Bertz CT molecular complexity index is 940. The molecule has 0 saturated carbocycles. The van der Waals surface area contributed by atoms with E-state index < -0.39 is 10.0 Å². The number of ether oxygens (including phenoxy) is 1. The van der Waals surface area contributed by atoms with Crippen molar-refractivity contribution >= 4 is 33.4 Å². The molecule has 0 aromatic heterocycles. The minimum absolute atomic E-state index is 0.192. The number of nitrogens with zero attached hydrogens (tertiary/aromatic N) is 1. The molecule has 0 radical (unpaired) electrons. The molecule has 1 aliphatic rings. The van der Waals surface area contributed by atoms with Gasteiger partial charge in [0.15, 0.2) is 0 Å². The highest BCUT2D eigenvalue weighted by atomic mass is 35.5. The van der Waals surface area contributed by atoms with Crippen LogP contribution in [0, 0.1) is 0 Å². The second kappa shape index (κ2) is 7.88. The first kappa shape index (κ1) is 18.4. The van der Waals surface area contributed by atoms with Crippen molar-refractivity contribution in [1.82, 2.24) is 4.72 Å². The number of hydrogen-bond acceptors (Lipinski definition) is 5. The van der Waals surface area contributed by atoms with E-state index in [4.69, 9.17) is 16.3 Å². The summed E-state index contributed by atoms with van der Waals surface area (Å²) in [5.74, 6) is -0.0114. The van der Waals surface area contributed by atoms with Gasteiger partial charge in [-0.05, 0) is 36.2 Å². The number of carbonyl (C=O) groups is 1. The lowest BCUT2D eigenvalue weighted by molar-refractivity contribution is -0.145. The molecule has 1 N–H and O–H groups in total. The van der Waals surface area contributed by atoms with E-state index >= 15 is 0 Å². The predicted octanol–water partition coefficient (Wildman–Crippen LogP) is 2.90. The van der Waals surface area contributed by atoms with E-state index in [9.17, 15) is 13.2 Å². The first-order chi connectivity index (χ1) is 12.5. The second-order valence-electron chi connectivity index (χ2n) is 5.72. The Balaban J connectivity index is 1.47. The Hall–Kier alpha value is -2.38. The number of amidine groups is 1. The van der Waals surface area contributed by atoms with Gasteiger partial charge in [-0.15, -0.1) is 0 Å². The Labute approximate surface area is 156 Å². The number of nitrogens with one attached hydrogen (secondary N) is 1. The maximum atomic E-state index is 12.0. The molecule has 6 nitrogen and oxygen atoms in total. The molecule has 2 aromatic rings. The third-order valence-corrected chi connectivity index (χ3v) is 5.43. The van der Waals surface area contributed by atoms with Crippen LogP contribution in [0.3, 0.4) is 0 Å². The third-order valence-electron chi connectivity index (χ3n) is 3.78. The highest BCUT2D eigenvalue weighted by molar-refractivity contribution is 7.90. The zero-order chi connectivity index (χ0) is 18.6. The summed E-state index contributed by atoms with van der Waals surface area (Å²) >= 11 is 5.80. The number of carbonyl (C=O) groups excluding carboxylic acids is 1. The van der Waals surface area contributed by atoms with Crippen LogP contribution >= 0.6 is 11.6 Å². The van der Waals surface area contributed by atoms with Crippen molar-refractivity contribution in [1.29, 1.82) is 0 Å². The smallest absolute Gasteiger partial charge is 0.306 e. The first-order valence-electron chi connectivity index (χ1n) is 8.02. The fourth-order valence-corrected chi connectivity index (χ4v) is 3.86. The van der Waals surface area contributed by atoms with Gasteiger partial charge in [0.25, 0.3) is 10.0 Å². The summed E-state index contributed by atoms with van der Waals surface area (Å²) in [6, 6.07) is 13.7. The van der Waals surface area contributed by atoms with Gasteiger partial charge in [-0.1, -0.05) is 35.9 Å². The van der Waals surface area contributed by atoms with Crippen LogP contribution in [-0.4, -0.2) is 26.8 Å². The number of aliphatic imine (C=N–C) groups is 1. The average Bonchev–Trinajstić information content (AvgIpc) is 2.89. The van der Waals surface area contributed by atoms with Gasteiger partial charge in [0.2, 0.25) is 0 Å². The normalized spacial score (nSPS) is 16.1. The number of sulfonamides is 1. The molecule has 1 heterocycles. The summed E-state index contributed by atoms with van der Waals surface area (Å²) in [7, 11) is -3.53. The van der Waals surface area contributed by atoms with Crippen LogP contribution < -0.4 is 4.72 Å². The molecule has 0 fully saturated rings. The summed E-state index contributed by atoms with van der Waals surface area (Å²) in [6.45, 7) is 0.514. The second-order valence-corrected chi connectivity index (χ2v) is 7.81. The van der Waals surface area contributed by atoms with Crippen molar-refractivity contribution in [2.24, 2.45) is 4.99 Å². The van der Waals surface area contributed by atoms with Gasteiger partial charge in [0.05, 0.1) is 4.90 Å². The zero-order valence-corrected chi connectivity index (χ0v) is 15.4. The van der Waals surface area contributed by atoms with Crippen LogP contribution in [0.2, 0.25) is 5.02 Å². The Kier molecular flexibility index (Phi) is 5.58. The molecule has 0 saturated heterocycles. The largest absolute Gasteiger partial charge is 0.461 e. The molecule has 0 unspecified atom stereocenters. The van der Waals surface area contributed by atoms with Gasteiger partial charge >= 0.3 is 5.97 Å². The topological polar surface area (TPSA) is 84.8 Å². The summed E-state index contributed by atoms with van der Waals surface area (Å²) < 4.78 is 31.6. The van der Waals surface area contributed by atoms with Crippen LogP contribution in [0.5, 0.6) is 0 Å². The lowest BCUT2D eigenvalue weighted by atomic mass is 10.2. The lowest BCUT2D eigenvalue weighted by Crippen LogP contribution is -2.22. The van der Waals surface area contributed by atoms with Gasteiger partial charge in [-0.25, -0.2) is 8.42 Å². The lowest BCUT2D eigenvalue weighted by Gasteiger charge is -2.05. The van der Waals surface area contributed by atoms with E-state index in [0.717, 1.165) is 5.56 Å². The fourth-order valence-electron chi connectivity index (χ4n) is 2.48. The van der Waals surface area contributed by atoms with Gasteiger partial charge in [0, 0.05) is 23.6 Å². The Morgan fingerprint density at radius 2 is 1.85 bits per heavy atom. The maximum Gasteiger partial charge on any atom is 0.306 e. The van der Waals surface area contributed by atoms with Crippen molar-refractivity contribution in [3.05, 3.63) is 64.7 Å². The predicted molar refractivity (Wildman–Crippen MR) is 98.6 cm³/mol. The highest BCUT2D eigenvalue weighted by Crippen LogP contribution is 2.22. The molecule has 136 valence electrons. The summed E-state index contributed by atoms with van der Waals surface area (Å²) in [6.07, 6.45) is 0.672. The number of esters is 1. The van der Waals surface area contributed by atoms with Crippen LogP contribution in [-0.2, 0) is 26.2 Å². The molecule has 0 amide bonds. The summed E-state index contributed by atoms with van der Waals surface area (Å²) in [5.41, 5.74) is 1.41. The van der Waals surface area contributed by atoms with Crippen molar-refractivity contribution in [3.8, 4) is 0 Å². The number of hydrogen-bond donors (Lipinski definition) is 1. The molecular weight excluding hydrogens is 376 g/mol. The van der Waals surface area contributed by atoms with Crippen LogP contribution in [0.1, 0.15) is 24.0 Å². The van der Waals surface area contributed by atoms with Crippen molar-refractivity contribution in [3.63, 3.8) is 0 Å². The quantitative estimate of drug-likeness (QED) is 0.605. The third kappa shape index (κ3) is 4.42. The SMILES string of the molecule is O=C(CCCN=C1NS(=O)(=O)c2ccccc21)OCc1ccc(Cl)cc1. The number of halogens is 1. The zero-order valence-electron chi connectivity index (χ0n) is 13.8. The molecular formula is C18H17ClN2O4S. The molecule has 26 heavy (non-hydrogen) atoms. The van der Waals surface area contributed by atoms with Crippen molar-refractivity contribution in [2.45, 2.75) is 24.3 Å². The standard InChI is InChI=1S/C18H17ClN2O4S/c19-14-9-7-13(8-10-14)12-25-17(22)6-3-11-20-18-15-4-1-2-5-16(15)26(23,24)21-18/h1-2,4-5,7-10H,3,6,11-12H2,(H,20,21). The molecule has 0 aliphatic carbocycles. The Morgan fingerprint density at radius 1 is 1.12 bits per heavy atom. The van der Waals surface area contributed by atoms with E-state index in [0.29, 0.717) is 29.4 Å². The van der Waals surface area contributed by atoms with Gasteiger partial charge < -0.3 is 4.74 Å².